The van der Waals surface area contributed by atoms with Gasteiger partial charge in [0.15, 0.2) is 0 Å². The number of aryl methyl sites for hydroxylation is 2. The van der Waals surface area contributed by atoms with Crippen LogP contribution in [0.1, 0.15) is 41.4 Å². The van der Waals surface area contributed by atoms with E-state index in [4.69, 9.17) is 4.74 Å². The number of carbonyl (C=O) groups is 2. The molecule has 0 radical (unpaired) electrons. The fraction of sp³-hybridized carbons (Fsp3) is 0.409. The standard InChI is InChI=1S/C22H28N4O3/c1-4-29-22(28)26-12-9-17(10-13-26)24-18-8-11-23-19(14-18)21(27)25-20-15(2)6-5-7-16(20)3/h5-8,11,14,17H,4,9-10,12-13H2,1-3H3,(H,23,24)(H,25,27). The van der Waals surface area contributed by atoms with Gasteiger partial charge in [0.25, 0.3) is 5.91 Å². The molecule has 1 aliphatic rings. The van der Waals surface area contributed by atoms with E-state index in [0.29, 0.717) is 25.4 Å². The average Bonchev–Trinajstić information content (AvgIpc) is 2.71. The largest absolute Gasteiger partial charge is 0.450 e. The van der Waals surface area contributed by atoms with Crippen molar-refractivity contribution in [1.29, 1.82) is 0 Å². The molecule has 0 unspecified atom stereocenters. The van der Waals surface area contributed by atoms with Crippen molar-refractivity contribution in [3.63, 3.8) is 0 Å². The van der Waals surface area contributed by atoms with Gasteiger partial charge in [-0.25, -0.2) is 4.79 Å². The van der Waals surface area contributed by atoms with Crippen LogP contribution in [0.4, 0.5) is 16.2 Å². The second kappa shape index (κ2) is 9.41. The van der Waals surface area contributed by atoms with Gasteiger partial charge in [0.05, 0.1) is 6.61 Å². The fourth-order valence-corrected chi connectivity index (χ4v) is 3.49. The summed E-state index contributed by atoms with van der Waals surface area (Å²) < 4.78 is 5.06. The number of hydrogen-bond acceptors (Lipinski definition) is 5. The molecule has 0 aliphatic carbocycles. The first-order valence-corrected chi connectivity index (χ1v) is 9.99. The fourth-order valence-electron chi connectivity index (χ4n) is 3.49. The summed E-state index contributed by atoms with van der Waals surface area (Å²) in [6, 6.07) is 9.76. The molecule has 29 heavy (non-hydrogen) atoms. The number of amides is 2. The topological polar surface area (TPSA) is 83.6 Å². The average molecular weight is 396 g/mol. The summed E-state index contributed by atoms with van der Waals surface area (Å²) in [5.41, 5.74) is 4.06. The van der Waals surface area contributed by atoms with E-state index in [1.165, 1.54) is 0 Å². The number of carbonyl (C=O) groups excluding carboxylic acids is 2. The Morgan fingerprint density at radius 2 is 1.86 bits per heavy atom. The summed E-state index contributed by atoms with van der Waals surface area (Å²) in [6.45, 7) is 7.45. The lowest BCUT2D eigenvalue weighted by Crippen LogP contribution is -2.42. The van der Waals surface area contributed by atoms with Gasteiger partial charge in [-0.3, -0.25) is 9.78 Å². The van der Waals surface area contributed by atoms with Gasteiger partial charge >= 0.3 is 6.09 Å². The number of ether oxygens (including phenoxy) is 1. The van der Waals surface area contributed by atoms with Crippen LogP contribution in [0.15, 0.2) is 36.5 Å². The molecule has 1 aromatic carbocycles. The van der Waals surface area contributed by atoms with Crippen molar-refractivity contribution < 1.29 is 14.3 Å². The predicted molar refractivity (Wildman–Crippen MR) is 113 cm³/mol. The number of hydrogen-bond donors (Lipinski definition) is 2. The number of nitrogens with zero attached hydrogens (tertiary/aromatic N) is 2. The van der Waals surface area contributed by atoms with Crippen molar-refractivity contribution in [2.75, 3.05) is 30.3 Å². The molecule has 1 saturated heterocycles. The Morgan fingerprint density at radius 3 is 2.52 bits per heavy atom. The molecule has 154 valence electrons. The van der Waals surface area contributed by atoms with Crippen molar-refractivity contribution in [3.8, 4) is 0 Å². The minimum atomic E-state index is -0.250. The maximum absolute atomic E-state index is 12.7. The van der Waals surface area contributed by atoms with Gasteiger partial charge in [-0.1, -0.05) is 18.2 Å². The number of nitrogens with one attached hydrogen (secondary N) is 2. The minimum Gasteiger partial charge on any atom is -0.450 e. The highest BCUT2D eigenvalue weighted by Gasteiger charge is 2.23. The van der Waals surface area contributed by atoms with E-state index in [2.05, 4.69) is 15.6 Å². The van der Waals surface area contributed by atoms with E-state index in [9.17, 15) is 9.59 Å². The van der Waals surface area contributed by atoms with E-state index < -0.39 is 0 Å². The summed E-state index contributed by atoms with van der Waals surface area (Å²) in [7, 11) is 0. The molecule has 0 saturated carbocycles. The molecule has 1 aliphatic heterocycles. The van der Waals surface area contributed by atoms with Crippen LogP contribution in [0, 0.1) is 13.8 Å². The number of piperidine rings is 1. The first kappa shape index (κ1) is 20.6. The van der Waals surface area contributed by atoms with Gasteiger partial charge in [-0.15, -0.1) is 0 Å². The normalized spacial score (nSPS) is 14.4. The van der Waals surface area contributed by atoms with Gasteiger partial charge in [0.1, 0.15) is 5.69 Å². The zero-order chi connectivity index (χ0) is 20.8. The third kappa shape index (κ3) is 5.25. The van der Waals surface area contributed by atoms with Gasteiger partial charge in [-0.05, 0) is 56.9 Å². The Kier molecular flexibility index (Phi) is 6.69. The number of para-hydroxylation sites is 1. The lowest BCUT2D eigenvalue weighted by molar-refractivity contribution is 0.0981. The molecule has 3 rings (SSSR count). The monoisotopic (exact) mass is 396 g/mol. The SMILES string of the molecule is CCOC(=O)N1CCC(Nc2ccnc(C(=O)Nc3c(C)cccc3C)c2)CC1. The first-order chi connectivity index (χ1) is 14.0. The molecule has 1 aromatic heterocycles. The van der Waals surface area contributed by atoms with E-state index >= 15 is 0 Å². The van der Waals surface area contributed by atoms with Crippen LogP contribution in [0.5, 0.6) is 0 Å². The maximum atomic E-state index is 12.7. The third-order valence-corrected chi connectivity index (χ3v) is 5.10. The summed E-state index contributed by atoms with van der Waals surface area (Å²) in [4.78, 5) is 30.5. The molecule has 0 bridgehead atoms. The second-order valence-corrected chi connectivity index (χ2v) is 7.26. The molecule has 7 heteroatoms. The number of benzene rings is 1. The lowest BCUT2D eigenvalue weighted by atomic mass is 10.0. The van der Waals surface area contributed by atoms with Gasteiger partial charge in [0.2, 0.25) is 0 Å². The van der Waals surface area contributed by atoms with Crippen LogP contribution in [-0.4, -0.2) is 47.6 Å². The van der Waals surface area contributed by atoms with Crippen molar-refractivity contribution in [2.45, 2.75) is 39.7 Å². The number of pyridine rings is 1. The molecule has 7 nitrogen and oxygen atoms in total. The summed E-state index contributed by atoms with van der Waals surface area (Å²) in [5.74, 6) is -0.233. The molecule has 1 fully saturated rings. The van der Waals surface area contributed by atoms with E-state index in [0.717, 1.165) is 35.3 Å². The third-order valence-electron chi connectivity index (χ3n) is 5.10. The summed E-state index contributed by atoms with van der Waals surface area (Å²) in [6.07, 6.45) is 3.03. The number of anilines is 2. The highest BCUT2D eigenvalue weighted by molar-refractivity contribution is 6.04. The molecule has 0 spiro atoms. The molecule has 2 heterocycles. The zero-order valence-electron chi connectivity index (χ0n) is 17.2. The van der Waals surface area contributed by atoms with Gasteiger partial charge in [0, 0.05) is 36.7 Å². The molecule has 2 aromatic rings. The van der Waals surface area contributed by atoms with Crippen LogP contribution >= 0.6 is 0 Å². The van der Waals surface area contributed by atoms with Crippen LogP contribution in [0.3, 0.4) is 0 Å². The van der Waals surface area contributed by atoms with Gasteiger partial charge < -0.3 is 20.3 Å². The minimum absolute atomic E-state index is 0.233. The van der Waals surface area contributed by atoms with E-state index in [1.54, 1.807) is 17.2 Å². The summed E-state index contributed by atoms with van der Waals surface area (Å²) in [5, 5.41) is 6.42. The second-order valence-electron chi connectivity index (χ2n) is 7.26. The molecule has 2 N–H and O–H groups in total. The van der Waals surface area contributed by atoms with Crippen LogP contribution in [0.25, 0.3) is 0 Å². The van der Waals surface area contributed by atoms with E-state index in [1.807, 2.05) is 45.0 Å². The Bertz CT molecular complexity index is 856. The number of rotatable bonds is 5. The van der Waals surface area contributed by atoms with E-state index in [-0.39, 0.29) is 18.0 Å². The number of aromatic nitrogens is 1. The van der Waals surface area contributed by atoms with Crippen LogP contribution in [0.2, 0.25) is 0 Å². The molecular formula is C22H28N4O3. The Balaban J connectivity index is 1.60. The first-order valence-electron chi connectivity index (χ1n) is 9.99. The zero-order valence-corrected chi connectivity index (χ0v) is 17.2. The summed E-state index contributed by atoms with van der Waals surface area (Å²) >= 11 is 0. The smallest absolute Gasteiger partial charge is 0.409 e. The lowest BCUT2D eigenvalue weighted by Gasteiger charge is -2.32. The highest BCUT2D eigenvalue weighted by Crippen LogP contribution is 2.21. The Hall–Kier alpha value is -3.09. The van der Waals surface area contributed by atoms with Crippen molar-refractivity contribution >= 4 is 23.4 Å². The van der Waals surface area contributed by atoms with Gasteiger partial charge in [-0.2, -0.15) is 0 Å². The van der Waals surface area contributed by atoms with Crippen molar-refractivity contribution in [3.05, 3.63) is 53.3 Å². The Morgan fingerprint density at radius 1 is 1.17 bits per heavy atom. The quantitative estimate of drug-likeness (QED) is 0.799. The van der Waals surface area contributed by atoms with Crippen molar-refractivity contribution in [1.82, 2.24) is 9.88 Å². The van der Waals surface area contributed by atoms with Crippen LogP contribution in [-0.2, 0) is 4.74 Å². The highest BCUT2D eigenvalue weighted by atomic mass is 16.6. The van der Waals surface area contributed by atoms with Crippen LogP contribution < -0.4 is 10.6 Å². The molecule has 2 amide bonds. The Labute approximate surface area is 171 Å². The molecular weight excluding hydrogens is 368 g/mol. The maximum Gasteiger partial charge on any atom is 0.409 e. The predicted octanol–water partition coefficient (Wildman–Crippen LogP) is 3.98. The number of likely N-dealkylation sites (tertiary alicyclic amines) is 1. The molecule has 0 atom stereocenters. The van der Waals surface area contributed by atoms with Crippen molar-refractivity contribution in [2.24, 2.45) is 0 Å².